The fourth-order valence-corrected chi connectivity index (χ4v) is 4.32. The zero-order valence-corrected chi connectivity index (χ0v) is 17.3. The molecule has 1 saturated heterocycles. The summed E-state index contributed by atoms with van der Waals surface area (Å²) in [6.07, 6.45) is 13.1. The van der Waals surface area contributed by atoms with Crippen molar-refractivity contribution in [2.24, 2.45) is 5.92 Å². The largest absolute Gasteiger partial charge is 0.497 e. The highest BCUT2D eigenvalue weighted by Crippen LogP contribution is 2.30. The van der Waals surface area contributed by atoms with Crippen LogP contribution in [0.2, 0.25) is 0 Å². The average Bonchev–Trinajstić information content (AvgIpc) is 3.22. The summed E-state index contributed by atoms with van der Waals surface area (Å²) in [7, 11) is 1.68. The number of carbonyl (C=O) groups is 1. The van der Waals surface area contributed by atoms with Gasteiger partial charge >= 0.3 is 0 Å². The van der Waals surface area contributed by atoms with Crippen LogP contribution in [0, 0.1) is 5.92 Å². The molecule has 0 spiro atoms. The van der Waals surface area contributed by atoms with Gasteiger partial charge < -0.3 is 14.2 Å². The Kier molecular flexibility index (Phi) is 5.84. The number of imidazole rings is 1. The Hall–Kier alpha value is -2.82. The minimum Gasteiger partial charge on any atom is -0.497 e. The van der Waals surface area contributed by atoms with Crippen LogP contribution in [0.1, 0.15) is 43.5 Å². The lowest BCUT2D eigenvalue weighted by Gasteiger charge is -2.34. The second-order valence-electron chi connectivity index (χ2n) is 7.95. The van der Waals surface area contributed by atoms with E-state index >= 15 is 0 Å². The van der Waals surface area contributed by atoms with E-state index in [0.717, 1.165) is 50.5 Å². The van der Waals surface area contributed by atoms with E-state index in [9.17, 15) is 4.79 Å². The van der Waals surface area contributed by atoms with Gasteiger partial charge in [0.05, 0.1) is 13.0 Å². The number of carbonyl (C=O) groups excluding carboxylic acids is 1. The molecule has 1 aromatic carbocycles. The van der Waals surface area contributed by atoms with Gasteiger partial charge in [0.1, 0.15) is 11.6 Å². The normalized spacial score (nSPS) is 19.9. The SMILES string of the molecule is COc1ccc(Cn2ccnc2C2CCN(C(=O)C3C=CCC=C3C)CC2)cc1. The quantitative estimate of drug-likeness (QED) is 0.719. The van der Waals surface area contributed by atoms with Gasteiger partial charge in [-0.1, -0.05) is 35.9 Å². The Morgan fingerprint density at radius 2 is 1.97 bits per heavy atom. The summed E-state index contributed by atoms with van der Waals surface area (Å²) in [5, 5.41) is 0. The number of likely N-dealkylation sites (tertiary alicyclic amines) is 1. The van der Waals surface area contributed by atoms with Crippen LogP contribution in [0.25, 0.3) is 0 Å². The van der Waals surface area contributed by atoms with E-state index < -0.39 is 0 Å². The summed E-state index contributed by atoms with van der Waals surface area (Å²) in [5.41, 5.74) is 2.40. The molecule has 29 heavy (non-hydrogen) atoms. The van der Waals surface area contributed by atoms with Crippen molar-refractivity contribution in [3.8, 4) is 5.75 Å². The van der Waals surface area contributed by atoms with E-state index in [1.54, 1.807) is 7.11 Å². The number of hydrogen-bond donors (Lipinski definition) is 0. The molecule has 1 aliphatic carbocycles. The van der Waals surface area contributed by atoms with Gasteiger partial charge in [-0.2, -0.15) is 0 Å². The third-order valence-corrected chi connectivity index (χ3v) is 6.09. The monoisotopic (exact) mass is 391 g/mol. The molecule has 1 amide bonds. The highest BCUT2D eigenvalue weighted by molar-refractivity contribution is 5.83. The molecule has 0 bridgehead atoms. The maximum absolute atomic E-state index is 12.9. The lowest BCUT2D eigenvalue weighted by Crippen LogP contribution is -2.41. The van der Waals surface area contributed by atoms with Gasteiger partial charge in [0, 0.05) is 37.9 Å². The summed E-state index contributed by atoms with van der Waals surface area (Å²) in [4.78, 5) is 19.6. The van der Waals surface area contributed by atoms with Gasteiger partial charge in [0.15, 0.2) is 0 Å². The molecule has 2 aromatic rings. The number of amides is 1. The molecule has 2 heterocycles. The molecule has 1 atom stereocenters. The zero-order chi connectivity index (χ0) is 20.2. The average molecular weight is 392 g/mol. The van der Waals surface area contributed by atoms with E-state index in [2.05, 4.69) is 53.0 Å². The molecule has 5 heteroatoms. The van der Waals surface area contributed by atoms with Crippen LogP contribution in [0.3, 0.4) is 0 Å². The van der Waals surface area contributed by atoms with Crippen molar-refractivity contribution in [1.29, 1.82) is 0 Å². The number of methoxy groups -OCH3 is 1. The number of ether oxygens (including phenoxy) is 1. The molecule has 5 nitrogen and oxygen atoms in total. The predicted molar refractivity (Wildman–Crippen MR) is 114 cm³/mol. The number of rotatable bonds is 5. The molecule has 1 fully saturated rings. The fraction of sp³-hybridized carbons (Fsp3) is 0.417. The van der Waals surface area contributed by atoms with Gasteiger partial charge in [-0.25, -0.2) is 4.98 Å². The maximum Gasteiger partial charge on any atom is 0.233 e. The molecule has 1 aliphatic heterocycles. The molecule has 0 saturated carbocycles. The number of aromatic nitrogens is 2. The van der Waals surface area contributed by atoms with Crippen LogP contribution in [-0.4, -0.2) is 40.6 Å². The zero-order valence-electron chi connectivity index (χ0n) is 17.3. The van der Waals surface area contributed by atoms with Crippen molar-refractivity contribution in [2.75, 3.05) is 20.2 Å². The summed E-state index contributed by atoms with van der Waals surface area (Å²) in [5.74, 6) is 2.56. The molecule has 152 valence electrons. The van der Waals surface area contributed by atoms with Gasteiger partial charge in [0.25, 0.3) is 0 Å². The van der Waals surface area contributed by atoms with Gasteiger partial charge in [0.2, 0.25) is 5.91 Å². The minimum absolute atomic E-state index is 0.0719. The van der Waals surface area contributed by atoms with Crippen LogP contribution < -0.4 is 4.74 Å². The van der Waals surface area contributed by atoms with E-state index in [0.29, 0.717) is 5.92 Å². The van der Waals surface area contributed by atoms with Crippen LogP contribution in [-0.2, 0) is 11.3 Å². The van der Waals surface area contributed by atoms with E-state index in [1.165, 1.54) is 11.1 Å². The number of benzene rings is 1. The first-order valence-electron chi connectivity index (χ1n) is 10.4. The third kappa shape index (κ3) is 4.29. The molecule has 1 aromatic heterocycles. The summed E-state index contributed by atoms with van der Waals surface area (Å²) < 4.78 is 7.48. The molecular weight excluding hydrogens is 362 g/mol. The number of hydrogen-bond acceptors (Lipinski definition) is 3. The highest BCUT2D eigenvalue weighted by Gasteiger charge is 2.30. The molecule has 2 aliphatic rings. The molecule has 0 radical (unpaired) electrons. The number of piperidine rings is 1. The Morgan fingerprint density at radius 3 is 2.66 bits per heavy atom. The third-order valence-electron chi connectivity index (χ3n) is 6.09. The highest BCUT2D eigenvalue weighted by atomic mass is 16.5. The first-order valence-corrected chi connectivity index (χ1v) is 10.4. The Labute approximate surface area is 172 Å². The van der Waals surface area contributed by atoms with Gasteiger partial charge in [-0.15, -0.1) is 0 Å². The smallest absolute Gasteiger partial charge is 0.233 e. The van der Waals surface area contributed by atoms with Gasteiger partial charge in [-0.05, 0) is 43.9 Å². The van der Waals surface area contributed by atoms with Crippen LogP contribution in [0.4, 0.5) is 0 Å². The lowest BCUT2D eigenvalue weighted by molar-refractivity contribution is -0.134. The molecule has 1 unspecified atom stereocenters. The number of allylic oxidation sites excluding steroid dienone is 2. The second kappa shape index (κ2) is 8.68. The van der Waals surface area contributed by atoms with E-state index in [-0.39, 0.29) is 11.8 Å². The van der Waals surface area contributed by atoms with E-state index in [4.69, 9.17) is 4.74 Å². The summed E-state index contributed by atoms with van der Waals surface area (Å²) in [6, 6.07) is 8.17. The lowest BCUT2D eigenvalue weighted by atomic mass is 9.90. The molecule has 0 N–H and O–H groups in total. The van der Waals surface area contributed by atoms with Crippen molar-refractivity contribution in [3.63, 3.8) is 0 Å². The Balaban J connectivity index is 1.38. The topological polar surface area (TPSA) is 47.4 Å². The fourth-order valence-electron chi connectivity index (χ4n) is 4.32. The van der Waals surface area contributed by atoms with Crippen LogP contribution in [0.5, 0.6) is 5.75 Å². The first-order chi connectivity index (χ1) is 14.2. The van der Waals surface area contributed by atoms with E-state index in [1.807, 2.05) is 23.2 Å². The second-order valence-corrected chi connectivity index (χ2v) is 7.95. The Bertz CT molecular complexity index is 902. The van der Waals surface area contributed by atoms with Crippen LogP contribution >= 0.6 is 0 Å². The maximum atomic E-state index is 12.9. The molecule has 4 rings (SSSR count). The van der Waals surface area contributed by atoms with Gasteiger partial charge in [-0.3, -0.25) is 4.79 Å². The van der Waals surface area contributed by atoms with Crippen LogP contribution in [0.15, 0.2) is 60.5 Å². The Morgan fingerprint density at radius 1 is 1.21 bits per heavy atom. The van der Waals surface area contributed by atoms with Crippen molar-refractivity contribution < 1.29 is 9.53 Å². The summed E-state index contributed by atoms with van der Waals surface area (Å²) in [6.45, 7) is 4.47. The summed E-state index contributed by atoms with van der Waals surface area (Å²) >= 11 is 0. The minimum atomic E-state index is -0.0719. The van der Waals surface area contributed by atoms with Crippen molar-refractivity contribution >= 4 is 5.91 Å². The van der Waals surface area contributed by atoms with Crippen molar-refractivity contribution in [2.45, 2.75) is 38.6 Å². The number of nitrogens with zero attached hydrogens (tertiary/aromatic N) is 3. The van der Waals surface area contributed by atoms with Crippen molar-refractivity contribution in [1.82, 2.24) is 14.5 Å². The standard InChI is InChI=1S/C24H29N3O2/c1-18-5-3-4-6-22(18)24(28)26-14-11-20(12-15-26)23-25-13-16-27(23)17-19-7-9-21(29-2)10-8-19/h4-10,13,16,20,22H,3,11-12,14-15,17H2,1-2H3. The predicted octanol–water partition coefficient (Wildman–Crippen LogP) is 4.17. The van der Waals surface area contributed by atoms with Crippen molar-refractivity contribution in [3.05, 3.63) is 71.8 Å². The first kappa shape index (κ1) is 19.5. The molecular formula is C24H29N3O2.